The number of benzene rings is 1. The molecule has 0 unspecified atom stereocenters. The molecule has 3 aromatic rings. The van der Waals surface area contributed by atoms with Crippen molar-refractivity contribution in [2.45, 2.75) is 6.42 Å². The van der Waals surface area contributed by atoms with Crippen LogP contribution < -0.4 is 5.32 Å². The highest BCUT2D eigenvalue weighted by Crippen LogP contribution is 2.21. The normalized spacial score (nSPS) is 11.0. The van der Waals surface area contributed by atoms with Crippen LogP contribution in [0.25, 0.3) is 6.08 Å². The lowest BCUT2D eigenvalue weighted by atomic mass is 10.1. The minimum absolute atomic E-state index is 0.0373. The fourth-order valence-corrected chi connectivity index (χ4v) is 2.91. The van der Waals surface area contributed by atoms with Gasteiger partial charge >= 0.3 is 0 Å². The van der Waals surface area contributed by atoms with E-state index in [4.69, 9.17) is 9.68 Å². The van der Waals surface area contributed by atoms with E-state index in [0.29, 0.717) is 10.9 Å². The maximum Gasteiger partial charge on any atom is 0.268 e. The number of anilines is 1. The quantitative estimate of drug-likeness (QED) is 0.567. The van der Waals surface area contributed by atoms with Crippen molar-refractivity contribution in [3.63, 3.8) is 0 Å². The molecular weight excluding hydrogens is 322 g/mol. The van der Waals surface area contributed by atoms with Gasteiger partial charge in [-0.3, -0.25) is 10.1 Å². The van der Waals surface area contributed by atoms with Gasteiger partial charge in [-0.1, -0.05) is 30.3 Å². The van der Waals surface area contributed by atoms with Gasteiger partial charge in [0.2, 0.25) is 0 Å². The number of amides is 1. The van der Waals surface area contributed by atoms with Crippen molar-refractivity contribution in [3.8, 4) is 6.07 Å². The van der Waals surface area contributed by atoms with E-state index in [1.807, 2.05) is 36.4 Å². The van der Waals surface area contributed by atoms with Gasteiger partial charge in [0.25, 0.3) is 5.91 Å². The smallest absolute Gasteiger partial charge is 0.268 e. The van der Waals surface area contributed by atoms with Gasteiger partial charge in [-0.25, -0.2) is 4.98 Å². The molecule has 1 aromatic carbocycles. The molecule has 0 aliphatic carbocycles. The third-order valence-electron chi connectivity index (χ3n) is 3.19. The summed E-state index contributed by atoms with van der Waals surface area (Å²) < 4.78 is 5.12. The predicted molar refractivity (Wildman–Crippen MR) is 92.3 cm³/mol. The predicted octanol–water partition coefficient (Wildman–Crippen LogP) is 3.87. The molecule has 1 amide bonds. The molecule has 24 heavy (non-hydrogen) atoms. The molecule has 0 fully saturated rings. The molecule has 0 radical (unpaired) electrons. The van der Waals surface area contributed by atoms with Gasteiger partial charge in [0.05, 0.1) is 6.26 Å². The maximum atomic E-state index is 12.2. The molecular formula is C18H13N3O2S. The fraction of sp³-hybridized carbons (Fsp3) is 0.0556. The zero-order chi connectivity index (χ0) is 16.8. The highest BCUT2D eigenvalue weighted by Gasteiger charge is 2.12. The zero-order valence-corrected chi connectivity index (χ0v) is 13.4. The Kier molecular flexibility index (Phi) is 4.84. The highest BCUT2D eigenvalue weighted by atomic mass is 32.1. The average Bonchev–Trinajstić information content (AvgIpc) is 3.25. The third kappa shape index (κ3) is 3.97. The minimum atomic E-state index is -0.505. The molecule has 0 aliphatic rings. The van der Waals surface area contributed by atoms with Gasteiger partial charge < -0.3 is 4.42 Å². The van der Waals surface area contributed by atoms with Crippen LogP contribution in [0.2, 0.25) is 0 Å². The van der Waals surface area contributed by atoms with Gasteiger partial charge in [-0.2, -0.15) is 5.26 Å². The first-order chi connectivity index (χ1) is 11.7. The lowest BCUT2D eigenvalue weighted by molar-refractivity contribution is -0.112. The van der Waals surface area contributed by atoms with Crippen LogP contribution in [0.5, 0.6) is 0 Å². The monoisotopic (exact) mass is 335 g/mol. The SMILES string of the molecule is N#CC(=Cc1ccco1)C(=O)Nc1ncc(Cc2ccccc2)s1. The van der Waals surface area contributed by atoms with Gasteiger partial charge in [0, 0.05) is 23.6 Å². The number of carbonyl (C=O) groups is 1. The van der Waals surface area contributed by atoms with E-state index < -0.39 is 5.91 Å². The molecule has 0 saturated carbocycles. The number of thiazole rings is 1. The molecule has 0 saturated heterocycles. The van der Waals surface area contributed by atoms with Crippen LogP contribution in [0.4, 0.5) is 5.13 Å². The Hall–Kier alpha value is -3.17. The summed E-state index contributed by atoms with van der Waals surface area (Å²) in [5.74, 6) is -0.0554. The summed E-state index contributed by atoms with van der Waals surface area (Å²) in [5.41, 5.74) is 1.14. The number of furan rings is 1. The Labute approximate surface area is 142 Å². The number of nitriles is 1. The first kappa shape index (κ1) is 15.7. The third-order valence-corrected chi connectivity index (χ3v) is 4.10. The number of nitrogens with zero attached hydrogens (tertiary/aromatic N) is 2. The summed E-state index contributed by atoms with van der Waals surface area (Å²) in [5, 5.41) is 12.2. The van der Waals surface area contributed by atoms with Crippen molar-refractivity contribution in [1.82, 2.24) is 4.98 Å². The van der Waals surface area contributed by atoms with Gasteiger partial charge in [-0.15, -0.1) is 11.3 Å². The Morgan fingerprint density at radius 3 is 2.83 bits per heavy atom. The van der Waals surface area contributed by atoms with Gasteiger partial charge in [0.1, 0.15) is 17.4 Å². The summed E-state index contributed by atoms with van der Waals surface area (Å²) >= 11 is 1.39. The largest absolute Gasteiger partial charge is 0.465 e. The maximum absolute atomic E-state index is 12.2. The van der Waals surface area contributed by atoms with E-state index in [2.05, 4.69) is 10.3 Å². The summed E-state index contributed by atoms with van der Waals surface area (Å²) in [6.07, 6.45) is 5.36. The minimum Gasteiger partial charge on any atom is -0.465 e. The molecule has 0 spiro atoms. The van der Waals surface area contributed by atoms with Crippen molar-refractivity contribution >= 4 is 28.5 Å². The molecule has 1 N–H and O–H groups in total. The molecule has 2 aromatic heterocycles. The van der Waals surface area contributed by atoms with Crippen LogP contribution in [0, 0.1) is 11.3 Å². The number of hydrogen-bond acceptors (Lipinski definition) is 5. The molecule has 3 rings (SSSR count). The van der Waals surface area contributed by atoms with Crippen LogP contribution in [0.15, 0.2) is 64.9 Å². The van der Waals surface area contributed by atoms with Crippen molar-refractivity contribution in [1.29, 1.82) is 5.26 Å². The first-order valence-corrected chi connectivity index (χ1v) is 8.01. The fourth-order valence-electron chi connectivity index (χ4n) is 2.07. The van der Waals surface area contributed by atoms with E-state index in [1.54, 1.807) is 18.3 Å². The van der Waals surface area contributed by atoms with Crippen molar-refractivity contribution in [3.05, 3.63) is 76.7 Å². The van der Waals surface area contributed by atoms with Gasteiger partial charge in [0.15, 0.2) is 5.13 Å². The molecule has 0 bridgehead atoms. The molecule has 5 nitrogen and oxygen atoms in total. The van der Waals surface area contributed by atoms with E-state index in [0.717, 1.165) is 11.3 Å². The Balaban J connectivity index is 1.68. The zero-order valence-electron chi connectivity index (χ0n) is 12.6. The number of rotatable bonds is 5. The lowest BCUT2D eigenvalue weighted by Crippen LogP contribution is -2.13. The Morgan fingerprint density at radius 1 is 1.29 bits per heavy atom. The summed E-state index contributed by atoms with van der Waals surface area (Å²) in [6, 6.07) is 15.3. The van der Waals surface area contributed by atoms with E-state index in [-0.39, 0.29) is 5.57 Å². The van der Waals surface area contributed by atoms with Crippen molar-refractivity contribution in [2.75, 3.05) is 5.32 Å². The number of nitrogens with one attached hydrogen (secondary N) is 1. The molecule has 118 valence electrons. The molecule has 0 aliphatic heterocycles. The van der Waals surface area contributed by atoms with Crippen LogP contribution in [-0.4, -0.2) is 10.9 Å². The first-order valence-electron chi connectivity index (χ1n) is 7.20. The topological polar surface area (TPSA) is 78.9 Å². The average molecular weight is 335 g/mol. The lowest BCUT2D eigenvalue weighted by Gasteiger charge is -1.99. The van der Waals surface area contributed by atoms with Gasteiger partial charge in [-0.05, 0) is 17.7 Å². The Bertz CT molecular complexity index is 890. The van der Waals surface area contributed by atoms with E-state index >= 15 is 0 Å². The molecule has 6 heteroatoms. The van der Waals surface area contributed by atoms with Crippen LogP contribution in [0.1, 0.15) is 16.2 Å². The number of hydrogen-bond donors (Lipinski definition) is 1. The van der Waals surface area contributed by atoms with Crippen LogP contribution in [-0.2, 0) is 11.2 Å². The van der Waals surface area contributed by atoms with Crippen LogP contribution >= 0.6 is 11.3 Å². The summed E-state index contributed by atoms with van der Waals surface area (Å²) in [7, 11) is 0. The van der Waals surface area contributed by atoms with Crippen LogP contribution in [0.3, 0.4) is 0 Å². The summed E-state index contributed by atoms with van der Waals surface area (Å²) in [4.78, 5) is 17.4. The second-order valence-electron chi connectivity index (χ2n) is 4.93. The van der Waals surface area contributed by atoms with E-state index in [1.165, 1.54) is 29.2 Å². The number of aromatic nitrogens is 1. The molecule has 2 heterocycles. The second-order valence-corrected chi connectivity index (χ2v) is 6.05. The molecule has 0 atom stereocenters. The summed E-state index contributed by atoms with van der Waals surface area (Å²) in [6.45, 7) is 0. The van der Waals surface area contributed by atoms with Crippen molar-refractivity contribution in [2.24, 2.45) is 0 Å². The number of carbonyl (C=O) groups excluding carboxylic acids is 1. The van der Waals surface area contributed by atoms with E-state index in [9.17, 15) is 4.79 Å². The second kappa shape index (κ2) is 7.40. The Morgan fingerprint density at radius 2 is 2.12 bits per heavy atom. The van der Waals surface area contributed by atoms with Crippen molar-refractivity contribution < 1.29 is 9.21 Å². The standard InChI is InChI=1S/C18H13N3O2S/c19-11-14(10-15-7-4-8-23-15)17(22)21-18-20-12-16(24-18)9-13-5-2-1-3-6-13/h1-8,10,12H,9H2,(H,20,21,22). The highest BCUT2D eigenvalue weighted by molar-refractivity contribution is 7.15.